The molecule has 0 aliphatic heterocycles. The first-order chi connectivity index (χ1) is 12.1. The van der Waals surface area contributed by atoms with E-state index in [2.05, 4.69) is 15.0 Å². The number of anilines is 1. The molecule has 4 N–H and O–H groups in total. The third-order valence-electron chi connectivity index (χ3n) is 4.09. The Morgan fingerprint density at radius 1 is 0.960 bits per heavy atom. The van der Waals surface area contributed by atoms with Gasteiger partial charge >= 0.3 is 5.97 Å². The Morgan fingerprint density at radius 2 is 1.68 bits per heavy atom. The molecule has 4 aromatic rings. The molecule has 0 aliphatic carbocycles. The van der Waals surface area contributed by atoms with Crippen molar-refractivity contribution in [2.24, 2.45) is 0 Å². The summed E-state index contributed by atoms with van der Waals surface area (Å²) >= 11 is 0. The summed E-state index contributed by atoms with van der Waals surface area (Å²) in [4.78, 5) is 22.7. The molecule has 122 valence electrons. The molecule has 3 heterocycles. The molecule has 6 nitrogen and oxygen atoms in total. The van der Waals surface area contributed by atoms with Gasteiger partial charge in [-0.2, -0.15) is 0 Å². The molecular formula is C19H14N4O2. The monoisotopic (exact) mass is 330 g/mol. The van der Waals surface area contributed by atoms with Gasteiger partial charge in [0.1, 0.15) is 11.5 Å². The molecule has 0 saturated carbocycles. The number of carboxylic acid groups (broad SMARTS) is 1. The predicted molar refractivity (Wildman–Crippen MR) is 96.1 cm³/mol. The lowest BCUT2D eigenvalue weighted by Crippen LogP contribution is -1.94. The van der Waals surface area contributed by atoms with Crippen LogP contribution >= 0.6 is 0 Å². The second-order valence-corrected chi connectivity index (χ2v) is 5.68. The number of aromatic nitrogens is 3. The smallest absolute Gasteiger partial charge is 0.335 e. The average molecular weight is 330 g/mol. The molecule has 25 heavy (non-hydrogen) atoms. The maximum Gasteiger partial charge on any atom is 0.335 e. The Kier molecular flexibility index (Phi) is 3.43. The van der Waals surface area contributed by atoms with Crippen molar-refractivity contribution in [3.8, 4) is 22.3 Å². The Balaban J connectivity index is 1.81. The first-order valence-corrected chi connectivity index (χ1v) is 7.64. The van der Waals surface area contributed by atoms with Crippen LogP contribution in [0.2, 0.25) is 0 Å². The zero-order valence-electron chi connectivity index (χ0n) is 13.1. The second kappa shape index (κ2) is 5.76. The lowest BCUT2D eigenvalue weighted by molar-refractivity contribution is 0.0697. The highest BCUT2D eigenvalue weighted by Crippen LogP contribution is 2.31. The number of hydrogen-bond donors (Lipinski definition) is 3. The number of carbonyl (C=O) groups is 1. The number of nitrogens with zero attached hydrogens (tertiary/aromatic N) is 2. The molecule has 0 radical (unpaired) electrons. The maximum atomic E-state index is 11.0. The Bertz CT molecular complexity index is 1070. The van der Waals surface area contributed by atoms with Gasteiger partial charge in [0.2, 0.25) is 0 Å². The molecule has 3 aromatic heterocycles. The summed E-state index contributed by atoms with van der Waals surface area (Å²) < 4.78 is 0. The van der Waals surface area contributed by atoms with Gasteiger partial charge in [-0.1, -0.05) is 12.1 Å². The van der Waals surface area contributed by atoms with Crippen LogP contribution in [0, 0.1) is 0 Å². The van der Waals surface area contributed by atoms with Gasteiger partial charge in [-0.25, -0.2) is 14.8 Å². The number of aromatic carboxylic acids is 1. The summed E-state index contributed by atoms with van der Waals surface area (Å²) in [5, 5.41) is 9.98. The van der Waals surface area contributed by atoms with Crippen LogP contribution in [0.5, 0.6) is 0 Å². The summed E-state index contributed by atoms with van der Waals surface area (Å²) in [5.74, 6) is -0.469. The predicted octanol–water partition coefficient (Wildman–Crippen LogP) is 3.57. The van der Waals surface area contributed by atoms with Crippen molar-refractivity contribution in [2.45, 2.75) is 0 Å². The van der Waals surface area contributed by atoms with Crippen LogP contribution in [0.1, 0.15) is 10.4 Å². The van der Waals surface area contributed by atoms with Gasteiger partial charge in [0.15, 0.2) is 0 Å². The molecule has 0 fully saturated rings. The van der Waals surface area contributed by atoms with Crippen molar-refractivity contribution in [1.29, 1.82) is 0 Å². The lowest BCUT2D eigenvalue weighted by Gasteiger charge is -2.04. The first kappa shape index (κ1) is 14.9. The number of hydrogen-bond acceptors (Lipinski definition) is 4. The number of carboxylic acids is 1. The van der Waals surface area contributed by atoms with Crippen molar-refractivity contribution in [2.75, 3.05) is 5.73 Å². The second-order valence-electron chi connectivity index (χ2n) is 5.68. The molecular weight excluding hydrogens is 316 g/mol. The molecule has 1 aromatic carbocycles. The number of aromatic amines is 1. The van der Waals surface area contributed by atoms with Crippen molar-refractivity contribution in [1.82, 2.24) is 15.0 Å². The van der Waals surface area contributed by atoms with E-state index >= 15 is 0 Å². The van der Waals surface area contributed by atoms with Crippen LogP contribution in [-0.4, -0.2) is 26.0 Å². The van der Waals surface area contributed by atoms with Crippen LogP contribution < -0.4 is 5.73 Å². The van der Waals surface area contributed by atoms with Crippen molar-refractivity contribution < 1.29 is 9.90 Å². The van der Waals surface area contributed by atoms with E-state index in [0.717, 1.165) is 33.3 Å². The summed E-state index contributed by atoms with van der Waals surface area (Å²) in [6.45, 7) is 0. The van der Waals surface area contributed by atoms with E-state index in [1.165, 1.54) is 0 Å². The fourth-order valence-corrected chi connectivity index (χ4v) is 2.77. The highest BCUT2D eigenvalue weighted by atomic mass is 16.4. The third-order valence-corrected chi connectivity index (χ3v) is 4.09. The van der Waals surface area contributed by atoms with Crippen molar-refractivity contribution in [3.05, 3.63) is 66.6 Å². The summed E-state index contributed by atoms with van der Waals surface area (Å²) in [7, 11) is 0. The maximum absolute atomic E-state index is 11.0. The standard InChI is InChI=1S/C19H14N4O2/c20-17-6-5-13(8-21-17)14-7-15-16(10-23-18(15)22-9-14)11-1-3-12(4-2-11)19(24)25/h1-10H,(H2,20,21)(H,22,23)(H,24,25). The van der Waals surface area contributed by atoms with Gasteiger partial charge in [-0.05, 0) is 35.9 Å². The van der Waals surface area contributed by atoms with Gasteiger partial charge in [0.05, 0.1) is 5.56 Å². The van der Waals surface area contributed by atoms with Crippen LogP contribution in [0.4, 0.5) is 5.82 Å². The average Bonchev–Trinajstić information content (AvgIpc) is 3.05. The van der Waals surface area contributed by atoms with E-state index in [-0.39, 0.29) is 5.56 Å². The SMILES string of the molecule is Nc1ccc(-c2cnc3[nH]cc(-c4ccc(C(=O)O)cc4)c3c2)cn1. The number of nitrogen functional groups attached to an aromatic ring is 1. The van der Waals surface area contributed by atoms with Crippen molar-refractivity contribution >= 4 is 22.8 Å². The highest BCUT2D eigenvalue weighted by molar-refractivity contribution is 5.96. The Morgan fingerprint density at radius 3 is 2.36 bits per heavy atom. The summed E-state index contributed by atoms with van der Waals surface area (Å²) in [6, 6.07) is 12.5. The van der Waals surface area contributed by atoms with E-state index in [4.69, 9.17) is 10.8 Å². The fraction of sp³-hybridized carbons (Fsp3) is 0. The molecule has 0 amide bonds. The summed E-state index contributed by atoms with van der Waals surface area (Å²) in [5.41, 5.74) is 10.4. The van der Waals surface area contributed by atoms with E-state index in [9.17, 15) is 4.79 Å². The normalized spacial score (nSPS) is 10.9. The quantitative estimate of drug-likeness (QED) is 0.532. The third kappa shape index (κ3) is 2.70. The molecule has 0 spiro atoms. The number of rotatable bonds is 3. The van der Waals surface area contributed by atoms with E-state index in [1.54, 1.807) is 42.7 Å². The number of benzene rings is 1. The van der Waals surface area contributed by atoms with Crippen LogP contribution in [0.15, 0.2) is 61.1 Å². The minimum Gasteiger partial charge on any atom is -0.478 e. The van der Waals surface area contributed by atoms with Gasteiger partial charge in [-0.15, -0.1) is 0 Å². The first-order valence-electron chi connectivity index (χ1n) is 7.64. The topological polar surface area (TPSA) is 105 Å². The minimum absolute atomic E-state index is 0.260. The van der Waals surface area contributed by atoms with Gasteiger partial charge in [0, 0.05) is 40.7 Å². The number of fused-ring (bicyclic) bond motifs is 1. The molecule has 0 unspecified atom stereocenters. The molecule has 4 rings (SSSR count). The van der Waals surface area contributed by atoms with E-state index < -0.39 is 5.97 Å². The number of nitrogens with one attached hydrogen (secondary N) is 1. The van der Waals surface area contributed by atoms with Gasteiger partial charge in [-0.3, -0.25) is 0 Å². The van der Waals surface area contributed by atoms with E-state index in [1.807, 2.05) is 18.3 Å². The fourth-order valence-electron chi connectivity index (χ4n) is 2.77. The number of pyridine rings is 2. The van der Waals surface area contributed by atoms with Crippen LogP contribution in [-0.2, 0) is 0 Å². The van der Waals surface area contributed by atoms with Crippen LogP contribution in [0.25, 0.3) is 33.3 Å². The number of nitrogens with two attached hydrogens (primary N) is 1. The van der Waals surface area contributed by atoms with Gasteiger partial charge < -0.3 is 15.8 Å². The molecule has 0 atom stereocenters. The molecule has 0 bridgehead atoms. The van der Waals surface area contributed by atoms with Crippen LogP contribution in [0.3, 0.4) is 0 Å². The van der Waals surface area contributed by atoms with Gasteiger partial charge in [0.25, 0.3) is 0 Å². The highest BCUT2D eigenvalue weighted by Gasteiger charge is 2.10. The zero-order valence-corrected chi connectivity index (χ0v) is 13.1. The largest absolute Gasteiger partial charge is 0.478 e. The lowest BCUT2D eigenvalue weighted by atomic mass is 10.0. The van der Waals surface area contributed by atoms with E-state index in [0.29, 0.717) is 5.82 Å². The Hall–Kier alpha value is -3.67. The van der Waals surface area contributed by atoms with Crippen molar-refractivity contribution in [3.63, 3.8) is 0 Å². The zero-order chi connectivity index (χ0) is 17.4. The summed E-state index contributed by atoms with van der Waals surface area (Å²) in [6.07, 6.45) is 5.37. The number of H-pyrrole nitrogens is 1. The Labute approximate surface area is 143 Å². The molecule has 6 heteroatoms. The molecule has 0 aliphatic rings. The minimum atomic E-state index is -0.940. The molecule has 0 saturated heterocycles.